The Hall–Kier alpha value is -0.770. The number of nitrogens with two attached hydrogens (primary N) is 2. The molecule has 0 aromatic rings. The third kappa shape index (κ3) is 34.9. The van der Waals surface area contributed by atoms with Gasteiger partial charge in [-0.25, -0.2) is 0 Å². The molecule has 4 nitrogen and oxygen atoms in total. The molecule has 0 saturated carbocycles. The lowest BCUT2D eigenvalue weighted by molar-refractivity contribution is -0.870. The molecule has 5 N–H and O–H groups in total. The Balaban J connectivity index is 0. The summed E-state index contributed by atoms with van der Waals surface area (Å²) in [5, 5.41) is 6.06. The van der Waals surface area contributed by atoms with Crippen molar-refractivity contribution in [3.63, 3.8) is 0 Å². The van der Waals surface area contributed by atoms with E-state index < -0.39 is 0 Å². The molecule has 0 bridgehead atoms. The maximum absolute atomic E-state index is 6.06. The summed E-state index contributed by atoms with van der Waals surface area (Å²) >= 11 is 0. The molecule has 0 spiro atoms. The van der Waals surface area contributed by atoms with Crippen LogP contribution < -0.4 is 11.5 Å². The molecule has 0 aliphatic carbocycles. The summed E-state index contributed by atoms with van der Waals surface area (Å²) in [6.45, 7) is 3.53. The number of unbranched alkanes of at least 4 members (excludes halogenated alkanes) is 1. The van der Waals surface area contributed by atoms with E-state index in [9.17, 15) is 0 Å². The van der Waals surface area contributed by atoms with Crippen LogP contribution in [0, 0.1) is 5.41 Å². The minimum Gasteiger partial charge on any atom is -0.370 e. The van der Waals surface area contributed by atoms with E-state index in [-0.39, 0.29) is 5.96 Å². The van der Waals surface area contributed by atoms with Gasteiger partial charge in [0, 0.05) is 0 Å². The Kier molecular flexibility index (Phi) is 7.94. The zero-order valence-electron chi connectivity index (χ0n) is 8.72. The first kappa shape index (κ1) is 13.8. The van der Waals surface area contributed by atoms with E-state index >= 15 is 0 Å². The molecule has 0 atom stereocenters. The Morgan fingerprint density at radius 1 is 1.25 bits per heavy atom. The average Bonchev–Trinajstić information content (AvgIpc) is 1.80. The number of nitrogens with one attached hydrogen (secondary N) is 1. The van der Waals surface area contributed by atoms with Gasteiger partial charge >= 0.3 is 0 Å². The standard InChI is InChI=1S/C7H18N.CH5N3/c1-5-6-7-8(2,3)4;2-1(3)4/h5-7H2,1-4H3;(H5,2,3,4)/q+1;. The summed E-state index contributed by atoms with van der Waals surface area (Å²) in [5.74, 6) is -0.333. The molecular weight excluding hydrogens is 152 g/mol. The zero-order valence-corrected chi connectivity index (χ0v) is 8.72. The summed E-state index contributed by atoms with van der Waals surface area (Å²) in [6, 6.07) is 0. The van der Waals surface area contributed by atoms with Gasteiger partial charge < -0.3 is 16.0 Å². The molecule has 0 radical (unpaired) electrons. The van der Waals surface area contributed by atoms with Crippen molar-refractivity contribution >= 4 is 5.96 Å². The molecule has 0 unspecified atom stereocenters. The van der Waals surface area contributed by atoms with Crippen molar-refractivity contribution in [2.45, 2.75) is 19.8 Å². The lowest BCUT2D eigenvalue weighted by Gasteiger charge is -2.23. The van der Waals surface area contributed by atoms with E-state index in [1.807, 2.05) is 0 Å². The summed E-state index contributed by atoms with van der Waals surface area (Å²) in [4.78, 5) is 0. The van der Waals surface area contributed by atoms with Gasteiger partial charge in [0.05, 0.1) is 27.7 Å². The van der Waals surface area contributed by atoms with Crippen LogP contribution in [-0.4, -0.2) is 38.1 Å². The highest BCUT2D eigenvalue weighted by Gasteiger charge is 2.02. The molecule has 0 rings (SSSR count). The van der Waals surface area contributed by atoms with E-state index in [0.29, 0.717) is 0 Å². The summed E-state index contributed by atoms with van der Waals surface area (Å²) in [6.07, 6.45) is 2.67. The smallest absolute Gasteiger partial charge is 0.183 e. The first-order valence-corrected chi connectivity index (χ1v) is 4.19. The van der Waals surface area contributed by atoms with Gasteiger partial charge in [-0.1, -0.05) is 13.3 Å². The van der Waals surface area contributed by atoms with Crippen LogP contribution in [0.15, 0.2) is 0 Å². The molecule has 12 heavy (non-hydrogen) atoms. The Bertz CT molecular complexity index is 111. The van der Waals surface area contributed by atoms with Crippen LogP contribution in [0.5, 0.6) is 0 Å². The Morgan fingerprint density at radius 2 is 1.58 bits per heavy atom. The van der Waals surface area contributed by atoms with E-state index in [1.165, 1.54) is 19.4 Å². The number of rotatable bonds is 3. The largest absolute Gasteiger partial charge is 0.370 e. The molecular formula is C8H23N4+. The van der Waals surface area contributed by atoms with Crippen molar-refractivity contribution < 1.29 is 4.48 Å². The molecule has 74 valence electrons. The van der Waals surface area contributed by atoms with Crippen LogP contribution in [0.25, 0.3) is 0 Å². The number of hydrogen-bond acceptors (Lipinski definition) is 1. The predicted octanol–water partition coefficient (Wildman–Crippen LogP) is 0.331. The van der Waals surface area contributed by atoms with Crippen molar-refractivity contribution in [1.29, 1.82) is 5.41 Å². The highest BCUT2D eigenvalue weighted by atomic mass is 15.3. The first-order chi connectivity index (χ1) is 5.29. The SMILES string of the molecule is CCCC[N+](C)(C)C.N=C(N)N. The van der Waals surface area contributed by atoms with Gasteiger partial charge in [-0.15, -0.1) is 0 Å². The van der Waals surface area contributed by atoms with E-state index in [1.54, 1.807) is 0 Å². The molecule has 0 saturated heterocycles. The highest BCUT2D eigenvalue weighted by Crippen LogP contribution is 1.94. The van der Waals surface area contributed by atoms with Gasteiger partial charge in [0.1, 0.15) is 0 Å². The van der Waals surface area contributed by atoms with E-state index in [0.717, 1.165) is 4.48 Å². The lowest BCUT2D eigenvalue weighted by atomic mass is 10.3. The van der Waals surface area contributed by atoms with Crippen LogP contribution in [0.2, 0.25) is 0 Å². The van der Waals surface area contributed by atoms with Crippen molar-refractivity contribution in [1.82, 2.24) is 0 Å². The third-order valence-corrected chi connectivity index (χ3v) is 1.18. The van der Waals surface area contributed by atoms with Crippen molar-refractivity contribution in [3.8, 4) is 0 Å². The second kappa shape index (κ2) is 6.91. The quantitative estimate of drug-likeness (QED) is 0.328. The van der Waals surface area contributed by atoms with Gasteiger partial charge in [0.15, 0.2) is 5.96 Å². The maximum atomic E-state index is 6.06. The molecule has 0 aliphatic rings. The number of hydrogen-bond donors (Lipinski definition) is 3. The van der Waals surface area contributed by atoms with E-state index in [2.05, 4.69) is 39.5 Å². The molecule has 4 heteroatoms. The van der Waals surface area contributed by atoms with Crippen LogP contribution in [0.3, 0.4) is 0 Å². The van der Waals surface area contributed by atoms with Gasteiger partial charge in [0.2, 0.25) is 0 Å². The van der Waals surface area contributed by atoms with E-state index in [4.69, 9.17) is 5.41 Å². The number of guanidine groups is 1. The zero-order chi connectivity index (χ0) is 10.2. The molecule has 0 aliphatic heterocycles. The maximum Gasteiger partial charge on any atom is 0.183 e. The minimum atomic E-state index is -0.333. The highest BCUT2D eigenvalue weighted by molar-refractivity contribution is 5.71. The molecule has 0 heterocycles. The number of quaternary nitrogens is 1. The fourth-order valence-electron chi connectivity index (χ4n) is 0.632. The molecule has 0 amide bonds. The Labute approximate surface area is 75.6 Å². The van der Waals surface area contributed by atoms with Crippen LogP contribution in [0.1, 0.15) is 19.8 Å². The molecule has 0 aromatic carbocycles. The topological polar surface area (TPSA) is 75.9 Å². The fraction of sp³-hybridized carbons (Fsp3) is 0.875. The summed E-state index contributed by atoms with van der Waals surface area (Å²) < 4.78 is 1.10. The first-order valence-electron chi connectivity index (χ1n) is 4.19. The fourth-order valence-corrected chi connectivity index (χ4v) is 0.632. The second-order valence-corrected chi connectivity index (χ2v) is 3.82. The lowest BCUT2D eigenvalue weighted by Crippen LogP contribution is -2.35. The van der Waals surface area contributed by atoms with Gasteiger partial charge in [-0.2, -0.15) is 0 Å². The second-order valence-electron chi connectivity index (χ2n) is 3.82. The average molecular weight is 175 g/mol. The Morgan fingerprint density at radius 3 is 1.67 bits per heavy atom. The molecule has 0 aromatic heterocycles. The monoisotopic (exact) mass is 175 g/mol. The van der Waals surface area contributed by atoms with Gasteiger partial charge in [-0.05, 0) is 6.42 Å². The van der Waals surface area contributed by atoms with Crippen molar-refractivity contribution in [3.05, 3.63) is 0 Å². The van der Waals surface area contributed by atoms with Gasteiger partial charge in [0.25, 0.3) is 0 Å². The third-order valence-electron chi connectivity index (χ3n) is 1.18. The minimum absolute atomic E-state index is 0.333. The predicted molar refractivity (Wildman–Crippen MR) is 53.9 cm³/mol. The number of nitrogens with zero attached hydrogens (tertiary/aromatic N) is 1. The van der Waals surface area contributed by atoms with Crippen molar-refractivity contribution in [2.24, 2.45) is 11.5 Å². The molecule has 0 fully saturated rings. The summed E-state index contributed by atoms with van der Waals surface area (Å²) in [7, 11) is 6.70. The van der Waals surface area contributed by atoms with Gasteiger partial charge in [-0.3, -0.25) is 5.41 Å². The van der Waals surface area contributed by atoms with Crippen LogP contribution in [-0.2, 0) is 0 Å². The van der Waals surface area contributed by atoms with Crippen molar-refractivity contribution in [2.75, 3.05) is 27.7 Å². The normalized spacial score (nSPS) is 10.0. The summed E-state index contributed by atoms with van der Waals surface area (Å²) in [5.41, 5.74) is 8.94. The van der Waals surface area contributed by atoms with Crippen LogP contribution in [0.4, 0.5) is 0 Å². The van der Waals surface area contributed by atoms with Crippen LogP contribution >= 0.6 is 0 Å².